The highest BCUT2D eigenvalue weighted by Crippen LogP contribution is 2.38. The van der Waals surface area contributed by atoms with E-state index < -0.39 is 6.10 Å². The number of nitrogens with zero attached hydrogens (tertiary/aromatic N) is 1. The van der Waals surface area contributed by atoms with Gasteiger partial charge in [-0.25, -0.2) is 4.79 Å². The Labute approximate surface area is 160 Å². The third-order valence-corrected chi connectivity index (χ3v) is 4.97. The summed E-state index contributed by atoms with van der Waals surface area (Å²) in [6.07, 6.45) is 6.13. The largest absolute Gasteiger partial charge is 0.415 e. The van der Waals surface area contributed by atoms with Crippen LogP contribution in [-0.4, -0.2) is 34.3 Å². The second-order valence-electron chi connectivity index (χ2n) is 8.69. The van der Waals surface area contributed by atoms with E-state index >= 15 is 0 Å². The molecule has 0 aromatic rings. The molecule has 1 saturated carbocycles. The summed E-state index contributed by atoms with van der Waals surface area (Å²) >= 11 is 0. The first-order valence-electron chi connectivity index (χ1n) is 10.2. The van der Waals surface area contributed by atoms with Gasteiger partial charge < -0.3 is 14.7 Å². The Morgan fingerprint density at radius 1 is 1.12 bits per heavy atom. The minimum atomic E-state index is -0.403. The van der Waals surface area contributed by atoms with Crippen molar-refractivity contribution in [2.45, 2.75) is 92.8 Å². The van der Waals surface area contributed by atoms with Crippen LogP contribution in [0.25, 0.3) is 0 Å². The van der Waals surface area contributed by atoms with Crippen molar-refractivity contribution in [2.24, 2.45) is 17.8 Å². The van der Waals surface area contributed by atoms with Crippen molar-refractivity contribution >= 4 is 6.09 Å². The first-order valence-corrected chi connectivity index (χ1v) is 10.2. The molecule has 1 fully saturated rings. The minimum Gasteiger partial charge on any atom is -0.410 e. The molecule has 1 aliphatic rings. The molecule has 0 bridgehead atoms. The molecule has 2 atom stereocenters. The first-order chi connectivity index (χ1) is 12.1. The molecule has 1 N–H and O–H groups in total. The zero-order chi connectivity index (χ0) is 20.0. The lowest BCUT2D eigenvalue weighted by Crippen LogP contribution is -2.42. The average molecular weight is 366 g/mol. The van der Waals surface area contributed by atoms with E-state index in [0.717, 1.165) is 24.8 Å². The number of rotatable bonds is 7. The van der Waals surface area contributed by atoms with Gasteiger partial charge >= 0.3 is 6.09 Å². The van der Waals surface area contributed by atoms with Crippen LogP contribution >= 0.6 is 0 Å². The van der Waals surface area contributed by atoms with E-state index in [1.807, 2.05) is 47.6 Å². The molecule has 0 heterocycles. The lowest BCUT2D eigenvalue weighted by atomic mass is 9.88. The highest BCUT2D eigenvalue weighted by Gasteiger charge is 2.33. The maximum absolute atomic E-state index is 12.8. The average Bonchev–Trinajstić information content (AvgIpc) is 2.98. The van der Waals surface area contributed by atoms with Gasteiger partial charge in [-0.2, -0.15) is 0 Å². The molecule has 1 rings (SSSR count). The zero-order valence-corrected chi connectivity index (χ0v) is 18.0. The molecule has 4 heteroatoms. The van der Waals surface area contributed by atoms with Crippen LogP contribution in [0.15, 0.2) is 23.5 Å². The number of allylic oxidation sites excluding steroid dienone is 2. The maximum atomic E-state index is 12.8. The topological polar surface area (TPSA) is 49.8 Å². The van der Waals surface area contributed by atoms with E-state index in [-0.39, 0.29) is 30.0 Å². The number of ether oxygens (including phenoxy) is 1. The van der Waals surface area contributed by atoms with Crippen molar-refractivity contribution in [3.63, 3.8) is 0 Å². The molecule has 4 nitrogen and oxygen atoms in total. The van der Waals surface area contributed by atoms with E-state index in [9.17, 15) is 9.90 Å². The molecule has 150 valence electrons. The van der Waals surface area contributed by atoms with Crippen LogP contribution in [0.5, 0.6) is 0 Å². The van der Waals surface area contributed by atoms with Gasteiger partial charge in [0.15, 0.2) is 0 Å². The van der Waals surface area contributed by atoms with Gasteiger partial charge in [-0.1, -0.05) is 33.8 Å². The van der Waals surface area contributed by atoms with Gasteiger partial charge in [0, 0.05) is 18.0 Å². The number of amides is 1. The predicted octanol–water partition coefficient (Wildman–Crippen LogP) is 5.53. The smallest absolute Gasteiger partial charge is 0.410 e. The Morgan fingerprint density at radius 3 is 2.15 bits per heavy atom. The summed E-state index contributed by atoms with van der Waals surface area (Å²) in [7, 11) is 0. The molecule has 26 heavy (non-hydrogen) atoms. The Bertz CT molecular complexity index is 509. The van der Waals surface area contributed by atoms with Crippen LogP contribution in [0.4, 0.5) is 4.79 Å². The minimum absolute atomic E-state index is 0.0705. The van der Waals surface area contributed by atoms with E-state index in [2.05, 4.69) is 19.9 Å². The highest BCUT2D eigenvalue weighted by molar-refractivity contribution is 5.70. The molecule has 0 spiro atoms. The third kappa shape index (κ3) is 6.15. The van der Waals surface area contributed by atoms with E-state index in [1.54, 1.807) is 4.90 Å². The molecule has 0 aliphatic heterocycles. The van der Waals surface area contributed by atoms with Crippen molar-refractivity contribution in [2.75, 3.05) is 0 Å². The Kier molecular flexibility index (Phi) is 8.88. The molecule has 0 saturated heterocycles. The van der Waals surface area contributed by atoms with Gasteiger partial charge in [-0.3, -0.25) is 0 Å². The standard InChI is InChI=1S/C22H39NO3/c1-14(2)12-13-20(26-22(25)23(16(5)6)17(7)8)18-10-9-11-19(18)21(24)15(3)4/h12-17,19,21,24H,9-11H2,1-8H3/b13-12+,20-18-/t19-,21+/m1/s1. The lowest BCUT2D eigenvalue weighted by molar-refractivity contribution is 0.0772. The van der Waals surface area contributed by atoms with Gasteiger partial charge in [0.25, 0.3) is 0 Å². The van der Waals surface area contributed by atoms with Gasteiger partial charge in [0.05, 0.1) is 6.10 Å². The fourth-order valence-electron chi connectivity index (χ4n) is 3.67. The number of hydrogen-bond donors (Lipinski definition) is 1. The van der Waals surface area contributed by atoms with Crippen LogP contribution < -0.4 is 0 Å². The fraction of sp³-hybridized carbons (Fsp3) is 0.773. The summed E-state index contributed by atoms with van der Waals surface area (Å²) in [5, 5.41) is 10.6. The molecule has 1 amide bonds. The Hall–Kier alpha value is -1.29. The molecule has 0 radical (unpaired) electrons. The van der Waals surface area contributed by atoms with Crippen LogP contribution in [0.2, 0.25) is 0 Å². The zero-order valence-electron chi connectivity index (χ0n) is 18.0. The number of aliphatic hydroxyl groups is 1. The number of hydrogen-bond acceptors (Lipinski definition) is 3. The normalized spacial score (nSPS) is 21.3. The molecular formula is C22H39NO3. The first kappa shape index (κ1) is 22.8. The SMILES string of the molecule is CC(C)/C=C/C(OC(=O)N(C(C)C)C(C)C)=C1\CCC[C@H]1[C@@H](O)C(C)C. The summed E-state index contributed by atoms with van der Waals surface area (Å²) in [6.45, 7) is 16.3. The lowest BCUT2D eigenvalue weighted by Gasteiger charge is -2.30. The van der Waals surface area contributed by atoms with E-state index in [1.165, 1.54) is 0 Å². The number of aliphatic hydroxyl groups excluding tert-OH is 1. The molecule has 0 aromatic heterocycles. The van der Waals surface area contributed by atoms with E-state index in [0.29, 0.717) is 11.7 Å². The van der Waals surface area contributed by atoms with Crippen LogP contribution in [0.3, 0.4) is 0 Å². The Morgan fingerprint density at radius 2 is 1.69 bits per heavy atom. The van der Waals surface area contributed by atoms with Gasteiger partial charge in [-0.15, -0.1) is 0 Å². The van der Waals surface area contributed by atoms with Crippen LogP contribution in [0, 0.1) is 17.8 Å². The van der Waals surface area contributed by atoms with Gasteiger partial charge in [0.2, 0.25) is 0 Å². The number of carbonyl (C=O) groups excluding carboxylic acids is 1. The fourth-order valence-corrected chi connectivity index (χ4v) is 3.67. The van der Waals surface area contributed by atoms with Crippen molar-refractivity contribution in [1.29, 1.82) is 0 Å². The van der Waals surface area contributed by atoms with Gasteiger partial charge in [0.1, 0.15) is 5.76 Å². The second kappa shape index (κ2) is 10.1. The Balaban J connectivity index is 3.21. The molecule has 1 aliphatic carbocycles. The molecule has 0 aromatic carbocycles. The second-order valence-corrected chi connectivity index (χ2v) is 8.69. The summed E-state index contributed by atoms with van der Waals surface area (Å²) in [5.74, 6) is 1.26. The summed E-state index contributed by atoms with van der Waals surface area (Å²) in [4.78, 5) is 14.6. The maximum Gasteiger partial charge on any atom is 0.415 e. The van der Waals surface area contributed by atoms with E-state index in [4.69, 9.17) is 4.74 Å². The van der Waals surface area contributed by atoms with Gasteiger partial charge in [-0.05, 0) is 70.4 Å². The van der Waals surface area contributed by atoms with Crippen LogP contribution in [-0.2, 0) is 4.74 Å². The number of carbonyl (C=O) groups is 1. The van der Waals surface area contributed by atoms with Crippen molar-refractivity contribution in [3.05, 3.63) is 23.5 Å². The van der Waals surface area contributed by atoms with Crippen molar-refractivity contribution in [3.8, 4) is 0 Å². The van der Waals surface area contributed by atoms with Crippen LogP contribution in [0.1, 0.15) is 74.7 Å². The molecule has 0 unspecified atom stereocenters. The predicted molar refractivity (Wildman–Crippen MR) is 108 cm³/mol. The van der Waals surface area contributed by atoms with Crippen molar-refractivity contribution in [1.82, 2.24) is 4.90 Å². The monoisotopic (exact) mass is 365 g/mol. The highest BCUT2D eigenvalue weighted by atomic mass is 16.6. The van der Waals surface area contributed by atoms with Crippen molar-refractivity contribution < 1.29 is 14.6 Å². The summed E-state index contributed by atoms with van der Waals surface area (Å²) in [5.41, 5.74) is 1.09. The third-order valence-electron chi connectivity index (χ3n) is 4.97. The summed E-state index contributed by atoms with van der Waals surface area (Å²) < 4.78 is 5.90. The summed E-state index contributed by atoms with van der Waals surface area (Å²) in [6, 6.07) is 0.145. The quantitative estimate of drug-likeness (QED) is 0.604. The molecular weight excluding hydrogens is 326 g/mol.